The van der Waals surface area contributed by atoms with Gasteiger partial charge in [0.25, 0.3) is 0 Å². The molecule has 2 heterocycles. The second kappa shape index (κ2) is 5.88. The van der Waals surface area contributed by atoms with Crippen molar-refractivity contribution in [3.8, 4) is 0 Å². The van der Waals surface area contributed by atoms with Crippen LogP contribution in [-0.2, 0) is 6.54 Å². The maximum absolute atomic E-state index is 4.54. The van der Waals surface area contributed by atoms with Gasteiger partial charge >= 0.3 is 0 Å². The fourth-order valence-electron chi connectivity index (χ4n) is 2.45. The fourth-order valence-corrected chi connectivity index (χ4v) is 2.45. The fraction of sp³-hybridized carbons (Fsp3) is 0.667. The number of nitrogens with zero attached hydrogens (tertiary/aromatic N) is 3. The molecule has 1 aliphatic heterocycles. The van der Waals surface area contributed by atoms with Crippen molar-refractivity contribution in [3.05, 3.63) is 23.9 Å². The summed E-state index contributed by atoms with van der Waals surface area (Å²) in [6.07, 6.45) is 1.92. The van der Waals surface area contributed by atoms with E-state index in [9.17, 15) is 0 Å². The lowest BCUT2D eigenvalue weighted by atomic mass is 10.00. The smallest absolute Gasteiger partial charge is 0.128 e. The highest BCUT2D eigenvalue weighted by Gasteiger charge is 2.31. The normalized spacial score (nSPS) is 19.7. The number of rotatable bonds is 4. The average Bonchev–Trinajstić information content (AvgIpc) is 2.40. The molecule has 1 aliphatic rings. The Labute approximate surface area is 116 Å². The first-order valence-corrected chi connectivity index (χ1v) is 7.15. The van der Waals surface area contributed by atoms with E-state index in [4.69, 9.17) is 0 Å². The van der Waals surface area contributed by atoms with Gasteiger partial charge in [0.05, 0.1) is 0 Å². The Morgan fingerprint density at radius 3 is 2.84 bits per heavy atom. The molecule has 0 spiro atoms. The van der Waals surface area contributed by atoms with Crippen molar-refractivity contribution in [3.63, 3.8) is 0 Å². The summed E-state index contributed by atoms with van der Waals surface area (Å²) < 4.78 is 0. The molecule has 0 amide bonds. The lowest BCUT2D eigenvalue weighted by molar-refractivity contribution is 0.138. The van der Waals surface area contributed by atoms with Crippen LogP contribution in [0.1, 0.15) is 26.3 Å². The van der Waals surface area contributed by atoms with Crippen LogP contribution in [0, 0.1) is 0 Å². The van der Waals surface area contributed by atoms with Crippen molar-refractivity contribution in [1.82, 2.24) is 15.2 Å². The number of hydrogen-bond acceptors (Lipinski definition) is 4. The van der Waals surface area contributed by atoms with E-state index in [1.165, 1.54) is 5.56 Å². The van der Waals surface area contributed by atoms with Gasteiger partial charge < -0.3 is 10.2 Å². The van der Waals surface area contributed by atoms with Crippen molar-refractivity contribution in [2.45, 2.75) is 32.9 Å². The molecule has 0 atom stereocenters. The molecular formula is C15H26N4. The highest BCUT2D eigenvalue weighted by atomic mass is 15.3. The summed E-state index contributed by atoms with van der Waals surface area (Å²) in [6, 6.07) is 4.30. The van der Waals surface area contributed by atoms with Crippen LogP contribution in [0.4, 0.5) is 5.82 Å². The molecule has 19 heavy (non-hydrogen) atoms. The number of aromatic nitrogens is 1. The van der Waals surface area contributed by atoms with Gasteiger partial charge in [-0.1, -0.05) is 6.92 Å². The number of pyridine rings is 1. The third kappa shape index (κ3) is 3.45. The lowest BCUT2D eigenvalue weighted by Crippen LogP contribution is -2.57. The quantitative estimate of drug-likeness (QED) is 0.895. The van der Waals surface area contributed by atoms with Gasteiger partial charge in [0.15, 0.2) is 0 Å². The maximum Gasteiger partial charge on any atom is 0.128 e. The summed E-state index contributed by atoms with van der Waals surface area (Å²) in [6.45, 7) is 11.8. The Morgan fingerprint density at radius 2 is 2.16 bits per heavy atom. The van der Waals surface area contributed by atoms with E-state index in [0.717, 1.165) is 38.5 Å². The van der Waals surface area contributed by atoms with Gasteiger partial charge in [0.2, 0.25) is 0 Å². The summed E-state index contributed by atoms with van der Waals surface area (Å²) in [5.74, 6) is 1.11. The molecule has 4 heteroatoms. The van der Waals surface area contributed by atoms with Crippen LogP contribution >= 0.6 is 0 Å². The number of anilines is 1. The SMILES string of the molecule is CCNCc1ccnc(N2CCN(C)C(C)(C)C2)c1. The second-order valence-corrected chi connectivity index (χ2v) is 5.96. The van der Waals surface area contributed by atoms with Crippen molar-refractivity contribution in [1.29, 1.82) is 0 Å². The van der Waals surface area contributed by atoms with Crippen LogP contribution in [0.3, 0.4) is 0 Å². The van der Waals surface area contributed by atoms with Gasteiger partial charge in [-0.2, -0.15) is 0 Å². The molecule has 0 saturated carbocycles. The second-order valence-electron chi connectivity index (χ2n) is 5.96. The minimum absolute atomic E-state index is 0.206. The van der Waals surface area contributed by atoms with Crippen LogP contribution in [0.15, 0.2) is 18.3 Å². The van der Waals surface area contributed by atoms with Crippen molar-refractivity contribution < 1.29 is 0 Å². The minimum atomic E-state index is 0.206. The first kappa shape index (κ1) is 14.3. The van der Waals surface area contributed by atoms with E-state index in [-0.39, 0.29) is 5.54 Å². The number of hydrogen-bond donors (Lipinski definition) is 1. The number of nitrogens with one attached hydrogen (secondary N) is 1. The van der Waals surface area contributed by atoms with E-state index in [0.29, 0.717) is 0 Å². The van der Waals surface area contributed by atoms with Crippen LogP contribution < -0.4 is 10.2 Å². The van der Waals surface area contributed by atoms with E-state index in [1.807, 2.05) is 6.20 Å². The Balaban J connectivity index is 2.09. The van der Waals surface area contributed by atoms with Gasteiger partial charge in [-0.3, -0.25) is 4.90 Å². The predicted molar refractivity (Wildman–Crippen MR) is 80.5 cm³/mol. The largest absolute Gasteiger partial charge is 0.353 e. The average molecular weight is 262 g/mol. The zero-order chi connectivity index (χ0) is 13.9. The molecule has 1 fully saturated rings. The van der Waals surface area contributed by atoms with Gasteiger partial charge in [-0.25, -0.2) is 4.98 Å². The summed E-state index contributed by atoms with van der Waals surface area (Å²) in [5, 5.41) is 3.36. The van der Waals surface area contributed by atoms with Gasteiger partial charge in [0.1, 0.15) is 5.82 Å². The van der Waals surface area contributed by atoms with Crippen LogP contribution in [-0.4, -0.2) is 48.6 Å². The predicted octanol–water partition coefficient (Wildman–Crippen LogP) is 1.72. The molecule has 0 aliphatic carbocycles. The molecule has 106 valence electrons. The molecule has 0 radical (unpaired) electrons. The molecule has 1 N–H and O–H groups in total. The van der Waals surface area contributed by atoms with E-state index in [1.54, 1.807) is 0 Å². The van der Waals surface area contributed by atoms with Crippen LogP contribution in [0.2, 0.25) is 0 Å². The molecule has 1 aromatic rings. The summed E-state index contributed by atoms with van der Waals surface area (Å²) >= 11 is 0. The first-order valence-electron chi connectivity index (χ1n) is 7.15. The molecule has 2 rings (SSSR count). The summed E-state index contributed by atoms with van der Waals surface area (Å²) in [4.78, 5) is 9.36. The number of piperazine rings is 1. The maximum atomic E-state index is 4.54. The van der Waals surface area contributed by atoms with Crippen LogP contribution in [0.5, 0.6) is 0 Å². The highest BCUT2D eigenvalue weighted by Crippen LogP contribution is 2.23. The third-order valence-electron chi connectivity index (χ3n) is 4.03. The molecule has 1 saturated heterocycles. The van der Waals surface area contributed by atoms with Gasteiger partial charge in [-0.15, -0.1) is 0 Å². The standard InChI is InChI=1S/C15H26N4/c1-5-16-11-13-6-7-17-14(10-13)19-9-8-18(4)15(2,3)12-19/h6-7,10,16H,5,8-9,11-12H2,1-4H3. The molecule has 0 bridgehead atoms. The van der Waals surface area contributed by atoms with Crippen LogP contribution in [0.25, 0.3) is 0 Å². The molecular weight excluding hydrogens is 236 g/mol. The number of likely N-dealkylation sites (N-methyl/N-ethyl adjacent to an activating group) is 1. The molecule has 1 aromatic heterocycles. The molecule has 0 aromatic carbocycles. The zero-order valence-electron chi connectivity index (χ0n) is 12.6. The van der Waals surface area contributed by atoms with Crippen molar-refractivity contribution in [2.24, 2.45) is 0 Å². The van der Waals surface area contributed by atoms with Crippen molar-refractivity contribution >= 4 is 5.82 Å². The Kier molecular flexibility index (Phi) is 4.42. The van der Waals surface area contributed by atoms with Gasteiger partial charge in [0, 0.05) is 37.9 Å². The van der Waals surface area contributed by atoms with E-state index >= 15 is 0 Å². The minimum Gasteiger partial charge on any atom is -0.353 e. The zero-order valence-corrected chi connectivity index (χ0v) is 12.6. The van der Waals surface area contributed by atoms with E-state index in [2.05, 4.69) is 60.1 Å². The highest BCUT2D eigenvalue weighted by molar-refractivity contribution is 5.42. The topological polar surface area (TPSA) is 31.4 Å². The molecule has 4 nitrogen and oxygen atoms in total. The monoisotopic (exact) mass is 262 g/mol. The van der Waals surface area contributed by atoms with Crippen molar-refractivity contribution in [2.75, 3.05) is 38.1 Å². The Bertz CT molecular complexity index is 416. The summed E-state index contributed by atoms with van der Waals surface area (Å²) in [5.41, 5.74) is 1.51. The Hall–Kier alpha value is -1.13. The van der Waals surface area contributed by atoms with E-state index < -0.39 is 0 Å². The van der Waals surface area contributed by atoms with Gasteiger partial charge in [-0.05, 0) is 45.1 Å². The third-order valence-corrected chi connectivity index (χ3v) is 4.03. The molecule has 0 unspecified atom stereocenters. The Morgan fingerprint density at radius 1 is 1.37 bits per heavy atom. The first-order chi connectivity index (χ1) is 9.03. The lowest BCUT2D eigenvalue weighted by Gasteiger charge is -2.45. The summed E-state index contributed by atoms with van der Waals surface area (Å²) in [7, 11) is 2.20.